The highest BCUT2D eigenvalue weighted by atomic mass is 16.7. The lowest BCUT2D eigenvalue weighted by Gasteiger charge is -2.26. The first-order valence-electron chi connectivity index (χ1n) is 9.20. The maximum atomic E-state index is 12.1. The Morgan fingerprint density at radius 3 is 2.42 bits per heavy atom. The van der Waals surface area contributed by atoms with Crippen LogP contribution < -0.4 is 0 Å². The van der Waals surface area contributed by atoms with Gasteiger partial charge in [-0.05, 0) is 44.4 Å². The average molecular weight is 341 g/mol. The summed E-state index contributed by atoms with van der Waals surface area (Å²) in [5, 5.41) is 1.81. The molecule has 0 N–H and O–H groups in total. The van der Waals surface area contributed by atoms with E-state index in [4.69, 9.17) is 9.57 Å². The first-order valence-corrected chi connectivity index (χ1v) is 9.20. The molecule has 0 aromatic carbocycles. The summed E-state index contributed by atoms with van der Waals surface area (Å²) in [7, 11) is 1.91. The predicted molar refractivity (Wildman–Crippen MR) is 94.4 cm³/mol. The van der Waals surface area contributed by atoms with Crippen molar-refractivity contribution in [2.75, 3.05) is 26.8 Å². The number of rotatable bonds is 9. The number of ketones is 1. The Bertz CT molecular complexity index is 403. The third-order valence-corrected chi connectivity index (χ3v) is 4.61. The Kier molecular flexibility index (Phi) is 8.92. The summed E-state index contributed by atoms with van der Waals surface area (Å²) in [5.74, 6) is -0.00847. The maximum absolute atomic E-state index is 12.1. The number of esters is 1. The summed E-state index contributed by atoms with van der Waals surface area (Å²) < 4.78 is 5.39. The molecule has 0 bridgehead atoms. The van der Waals surface area contributed by atoms with Crippen LogP contribution in [0.15, 0.2) is 0 Å². The molecule has 0 spiro atoms. The number of hydrogen-bond donors (Lipinski definition) is 0. The monoisotopic (exact) mass is 341 g/mol. The Hall–Kier alpha value is -0.940. The van der Waals surface area contributed by atoms with E-state index in [0.29, 0.717) is 19.6 Å². The van der Waals surface area contributed by atoms with Gasteiger partial charge in [-0.15, -0.1) is 0 Å². The molecule has 1 saturated carbocycles. The van der Waals surface area contributed by atoms with Crippen molar-refractivity contribution in [2.24, 2.45) is 17.3 Å². The van der Waals surface area contributed by atoms with Crippen molar-refractivity contribution in [1.29, 1.82) is 0 Å². The topological polar surface area (TPSA) is 55.8 Å². The number of hydroxylamine groups is 2. The Morgan fingerprint density at radius 1 is 1.12 bits per heavy atom. The standard InChI is InChI=1S/C19H35NO4/c1-15(21)16-8-6-9-17(14-16)18(22)23-12-7-11-20(5)24-13-10-19(2,3)4/h16-17H,6-14H2,1-5H3. The molecule has 5 heteroatoms. The van der Waals surface area contributed by atoms with Crippen LogP contribution in [0, 0.1) is 17.3 Å². The summed E-state index contributed by atoms with van der Waals surface area (Å²) in [6.07, 6.45) is 5.11. The van der Waals surface area contributed by atoms with E-state index in [-0.39, 0.29) is 29.0 Å². The molecule has 0 amide bonds. The van der Waals surface area contributed by atoms with E-state index in [1.54, 1.807) is 6.92 Å². The van der Waals surface area contributed by atoms with E-state index in [9.17, 15) is 9.59 Å². The fraction of sp³-hybridized carbons (Fsp3) is 0.895. The van der Waals surface area contributed by atoms with Gasteiger partial charge in [0.25, 0.3) is 0 Å². The van der Waals surface area contributed by atoms with Crippen LogP contribution in [0.4, 0.5) is 0 Å². The van der Waals surface area contributed by atoms with Gasteiger partial charge in [0.1, 0.15) is 5.78 Å². The van der Waals surface area contributed by atoms with Gasteiger partial charge in [0.05, 0.1) is 19.1 Å². The molecule has 1 aliphatic rings. The summed E-state index contributed by atoms with van der Waals surface area (Å²) >= 11 is 0. The Labute approximate surface area is 147 Å². The van der Waals surface area contributed by atoms with Gasteiger partial charge < -0.3 is 4.74 Å². The van der Waals surface area contributed by atoms with E-state index in [1.807, 2.05) is 12.1 Å². The van der Waals surface area contributed by atoms with E-state index in [1.165, 1.54) is 0 Å². The molecule has 0 radical (unpaired) electrons. The summed E-state index contributed by atoms with van der Waals surface area (Å²) in [6.45, 7) is 10.0. The first-order chi connectivity index (χ1) is 11.2. The molecule has 1 rings (SSSR count). The van der Waals surface area contributed by atoms with Crippen LogP contribution in [0.2, 0.25) is 0 Å². The molecule has 2 atom stereocenters. The van der Waals surface area contributed by atoms with Gasteiger partial charge in [0.15, 0.2) is 0 Å². The van der Waals surface area contributed by atoms with E-state index < -0.39 is 0 Å². The second-order valence-electron chi connectivity index (χ2n) is 8.19. The normalized spacial score (nSPS) is 21.8. The Balaban J connectivity index is 2.13. The molecule has 1 aliphatic carbocycles. The van der Waals surface area contributed by atoms with Gasteiger partial charge in [-0.25, -0.2) is 0 Å². The summed E-state index contributed by atoms with van der Waals surface area (Å²) in [4.78, 5) is 29.2. The zero-order chi connectivity index (χ0) is 18.2. The minimum absolute atomic E-state index is 0.0404. The lowest BCUT2D eigenvalue weighted by molar-refractivity contribution is -0.156. The molecular weight excluding hydrogens is 306 g/mol. The minimum Gasteiger partial charge on any atom is -0.465 e. The fourth-order valence-electron chi connectivity index (χ4n) is 2.92. The molecule has 1 fully saturated rings. The molecule has 0 heterocycles. The van der Waals surface area contributed by atoms with Gasteiger partial charge in [0.2, 0.25) is 0 Å². The second-order valence-corrected chi connectivity index (χ2v) is 8.19. The van der Waals surface area contributed by atoms with Crippen molar-refractivity contribution >= 4 is 11.8 Å². The minimum atomic E-state index is -0.141. The SMILES string of the molecule is CC(=O)C1CCCC(C(=O)OCCCN(C)OCCC(C)(C)C)C1. The number of carbonyl (C=O) groups is 2. The quantitative estimate of drug-likeness (QED) is 0.364. The van der Waals surface area contributed by atoms with Crippen LogP contribution in [0.25, 0.3) is 0 Å². The van der Waals surface area contributed by atoms with Crippen LogP contribution in [0.3, 0.4) is 0 Å². The second kappa shape index (κ2) is 10.1. The molecule has 24 heavy (non-hydrogen) atoms. The van der Waals surface area contributed by atoms with E-state index >= 15 is 0 Å². The number of nitrogens with zero attached hydrogens (tertiary/aromatic N) is 1. The van der Waals surface area contributed by atoms with Gasteiger partial charge in [-0.2, -0.15) is 5.06 Å². The van der Waals surface area contributed by atoms with Crippen molar-refractivity contribution in [3.05, 3.63) is 0 Å². The molecule has 2 unspecified atom stereocenters. The Morgan fingerprint density at radius 2 is 1.79 bits per heavy atom. The van der Waals surface area contributed by atoms with Crippen molar-refractivity contribution in [3.8, 4) is 0 Å². The number of Topliss-reactive ketones (excluding diaryl/α,β-unsaturated/α-hetero) is 1. The summed E-state index contributed by atoms with van der Waals surface area (Å²) in [5.41, 5.74) is 0.272. The van der Waals surface area contributed by atoms with Gasteiger partial charge in [0, 0.05) is 19.5 Å². The van der Waals surface area contributed by atoms with Crippen LogP contribution >= 0.6 is 0 Å². The first kappa shape index (κ1) is 21.1. The largest absolute Gasteiger partial charge is 0.465 e. The highest BCUT2D eigenvalue weighted by molar-refractivity contribution is 5.80. The zero-order valence-corrected chi connectivity index (χ0v) is 16.1. The number of carbonyl (C=O) groups excluding carboxylic acids is 2. The molecule has 0 aromatic rings. The molecule has 140 valence electrons. The van der Waals surface area contributed by atoms with Gasteiger partial charge >= 0.3 is 5.97 Å². The molecule has 0 aliphatic heterocycles. The van der Waals surface area contributed by atoms with Gasteiger partial charge in [-0.3, -0.25) is 14.4 Å². The highest BCUT2D eigenvalue weighted by Gasteiger charge is 2.30. The third kappa shape index (κ3) is 8.78. The van der Waals surface area contributed by atoms with Crippen LogP contribution in [-0.2, 0) is 19.2 Å². The molecule has 5 nitrogen and oxygen atoms in total. The summed E-state index contributed by atoms with van der Waals surface area (Å²) in [6, 6.07) is 0. The van der Waals surface area contributed by atoms with E-state index in [0.717, 1.165) is 38.6 Å². The highest BCUT2D eigenvalue weighted by Crippen LogP contribution is 2.30. The van der Waals surface area contributed by atoms with Crippen molar-refractivity contribution in [3.63, 3.8) is 0 Å². The van der Waals surface area contributed by atoms with Crippen molar-refractivity contribution in [1.82, 2.24) is 5.06 Å². The third-order valence-electron chi connectivity index (χ3n) is 4.61. The lowest BCUT2D eigenvalue weighted by atomic mass is 9.80. The van der Waals surface area contributed by atoms with Crippen LogP contribution in [-0.4, -0.2) is 43.6 Å². The smallest absolute Gasteiger partial charge is 0.308 e. The zero-order valence-electron chi connectivity index (χ0n) is 16.1. The number of ether oxygens (including phenoxy) is 1. The molecular formula is C19H35NO4. The predicted octanol–water partition coefficient (Wildman–Crippen LogP) is 3.61. The van der Waals surface area contributed by atoms with Crippen molar-refractivity contribution < 1.29 is 19.2 Å². The molecule has 0 saturated heterocycles. The average Bonchev–Trinajstić information content (AvgIpc) is 2.50. The van der Waals surface area contributed by atoms with Crippen LogP contribution in [0.1, 0.15) is 66.2 Å². The fourth-order valence-corrected chi connectivity index (χ4v) is 2.92. The van der Waals surface area contributed by atoms with Crippen molar-refractivity contribution in [2.45, 2.75) is 66.2 Å². The van der Waals surface area contributed by atoms with E-state index in [2.05, 4.69) is 20.8 Å². The number of hydrogen-bond acceptors (Lipinski definition) is 5. The van der Waals surface area contributed by atoms with Gasteiger partial charge in [-0.1, -0.05) is 27.2 Å². The molecule has 0 aromatic heterocycles. The van der Waals surface area contributed by atoms with Crippen LogP contribution in [0.5, 0.6) is 0 Å². The maximum Gasteiger partial charge on any atom is 0.308 e. The lowest BCUT2D eigenvalue weighted by Crippen LogP contribution is -2.28.